The van der Waals surface area contributed by atoms with Gasteiger partial charge in [0.1, 0.15) is 11.6 Å². The van der Waals surface area contributed by atoms with E-state index < -0.39 is 5.97 Å². The van der Waals surface area contributed by atoms with Crippen LogP contribution in [0.15, 0.2) is 78.9 Å². The lowest BCUT2D eigenvalue weighted by atomic mass is 10.0. The minimum Gasteiger partial charge on any atom is -0.423 e. The molecule has 0 heterocycles. The van der Waals surface area contributed by atoms with Crippen LogP contribution in [0.4, 0.5) is 4.39 Å². The summed E-state index contributed by atoms with van der Waals surface area (Å²) in [7, 11) is 0. The number of hydrogen-bond acceptors (Lipinski definition) is 3. The molecule has 3 nitrogen and oxygen atoms in total. The lowest BCUT2D eigenvalue weighted by molar-refractivity contribution is -0.127. The van der Waals surface area contributed by atoms with E-state index in [0.717, 1.165) is 22.3 Å². The number of Topliss-reactive ketones (excluding diaryl/α,β-unsaturated/α-hetero) is 1. The van der Waals surface area contributed by atoms with Crippen LogP contribution in [0.1, 0.15) is 34.0 Å². The van der Waals surface area contributed by atoms with Gasteiger partial charge in [-0.3, -0.25) is 4.79 Å². The van der Waals surface area contributed by atoms with E-state index in [-0.39, 0.29) is 11.6 Å². The Kier molecular flexibility index (Phi) is 4.92. The summed E-state index contributed by atoms with van der Waals surface area (Å²) in [4.78, 5) is 24.2. The molecular formula is C25H17FO3. The molecule has 0 spiro atoms. The number of halogens is 1. The first-order valence-electron chi connectivity index (χ1n) is 9.13. The molecule has 1 aliphatic carbocycles. The second-order valence-corrected chi connectivity index (χ2v) is 6.72. The molecule has 4 rings (SSSR count). The molecule has 0 aromatic heterocycles. The summed E-state index contributed by atoms with van der Waals surface area (Å²) in [5.41, 5.74) is 4.39. The molecular weight excluding hydrogens is 367 g/mol. The first kappa shape index (κ1) is 18.6. The van der Waals surface area contributed by atoms with E-state index in [9.17, 15) is 14.0 Å². The molecule has 29 heavy (non-hydrogen) atoms. The van der Waals surface area contributed by atoms with Gasteiger partial charge >= 0.3 is 5.97 Å². The zero-order chi connectivity index (χ0) is 20.4. The van der Waals surface area contributed by atoms with Crippen LogP contribution in [-0.4, -0.2) is 11.8 Å². The van der Waals surface area contributed by atoms with Gasteiger partial charge in [0.05, 0.1) is 5.57 Å². The fourth-order valence-electron chi connectivity index (χ4n) is 3.23. The van der Waals surface area contributed by atoms with Crippen LogP contribution in [0.25, 0.3) is 17.2 Å². The molecule has 0 aliphatic heterocycles. The van der Waals surface area contributed by atoms with Crippen LogP contribution in [0.3, 0.4) is 0 Å². The third-order valence-electron chi connectivity index (χ3n) is 4.71. The van der Waals surface area contributed by atoms with Crippen molar-refractivity contribution in [2.45, 2.75) is 6.92 Å². The maximum Gasteiger partial charge on any atom is 0.344 e. The Morgan fingerprint density at radius 1 is 0.862 bits per heavy atom. The number of hydrogen-bond donors (Lipinski definition) is 0. The minimum atomic E-state index is -0.476. The van der Waals surface area contributed by atoms with E-state index >= 15 is 0 Å². The van der Waals surface area contributed by atoms with Crippen molar-refractivity contribution in [1.82, 2.24) is 0 Å². The number of carbonyl (C=O) groups is 2. The highest BCUT2D eigenvalue weighted by atomic mass is 19.1. The lowest BCUT2D eigenvalue weighted by Gasteiger charge is -2.07. The Labute approximate surface area is 167 Å². The summed E-state index contributed by atoms with van der Waals surface area (Å²) in [5.74, 6) is -0.453. The van der Waals surface area contributed by atoms with Gasteiger partial charge in [-0.25, -0.2) is 9.18 Å². The number of rotatable bonds is 4. The second-order valence-electron chi connectivity index (χ2n) is 6.72. The maximum absolute atomic E-state index is 13.2. The van der Waals surface area contributed by atoms with Crippen molar-refractivity contribution in [1.29, 1.82) is 0 Å². The number of allylic oxidation sites excluding steroid dienone is 2. The highest BCUT2D eigenvalue weighted by Gasteiger charge is 2.24. The topological polar surface area (TPSA) is 43.4 Å². The maximum atomic E-state index is 13.2. The molecule has 0 saturated carbocycles. The van der Waals surface area contributed by atoms with Crippen molar-refractivity contribution in [3.63, 3.8) is 0 Å². The molecule has 0 fully saturated rings. The van der Waals surface area contributed by atoms with Crippen molar-refractivity contribution in [3.8, 4) is 5.75 Å². The van der Waals surface area contributed by atoms with Gasteiger partial charge in [-0.15, -0.1) is 0 Å². The van der Waals surface area contributed by atoms with E-state index in [0.29, 0.717) is 16.9 Å². The van der Waals surface area contributed by atoms with Gasteiger partial charge in [0.25, 0.3) is 0 Å². The molecule has 0 N–H and O–H groups in total. The molecule has 0 amide bonds. The quantitative estimate of drug-likeness (QED) is 0.335. The average molecular weight is 384 g/mol. The number of benzene rings is 3. The Balaban J connectivity index is 1.64. The molecule has 0 unspecified atom stereocenters. The predicted octanol–water partition coefficient (Wildman–Crippen LogP) is 5.57. The molecule has 0 bridgehead atoms. The van der Waals surface area contributed by atoms with Gasteiger partial charge in [0, 0.05) is 5.56 Å². The Hall–Kier alpha value is -3.79. The van der Waals surface area contributed by atoms with E-state index in [4.69, 9.17) is 4.74 Å². The molecule has 142 valence electrons. The van der Waals surface area contributed by atoms with Gasteiger partial charge < -0.3 is 4.74 Å². The summed E-state index contributed by atoms with van der Waals surface area (Å²) in [5, 5.41) is 0. The van der Waals surface area contributed by atoms with Gasteiger partial charge in [-0.05, 0) is 77.7 Å². The fraction of sp³-hybridized carbons (Fsp3) is 0.0400. The van der Waals surface area contributed by atoms with Crippen LogP contribution < -0.4 is 4.74 Å². The monoisotopic (exact) mass is 384 g/mol. The van der Waals surface area contributed by atoms with Crippen molar-refractivity contribution < 1.29 is 18.7 Å². The van der Waals surface area contributed by atoms with Crippen molar-refractivity contribution in [3.05, 3.63) is 107 Å². The highest BCUT2D eigenvalue weighted by molar-refractivity contribution is 6.24. The molecule has 3 aromatic carbocycles. The summed E-state index contributed by atoms with van der Waals surface area (Å²) >= 11 is 0. The van der Waals surface area contributed by atoms with E-state index in [1.165, 1.54) is 19.1 Å². The van der Waals surface area contributed by atoms with Crippen molar-refractivity contribution in [2.75, 3.05) is 0 Å². The highest BCUT2D eigenvalue weighted by Crippen LogP contribution is 2.37. The largest absolute Gasteiger partial charge is 0.423 e. The van der Waals surface area contributed by atoms with Crippen LogP contribution in [0, 0.1) is 5.82 Å². The van der Waals surface area contributed by atoms with Crippen LogP contribution in [0.2, 0.25) is 0 Å². The lowest BCUT2D eigenvalue weighted by Crippen LogP contribution is -2.09. The third kappa shape index (κ3) is 3.92. The summed E-state index contributed by atoms with van der Waals surface area (Å²) < 4.78 is 18.7. The molecule has 1 aliphatic rings. The Morgan fingerprint density at radius 3 is 2.17 bits per heavy atom. The van der Waals surface area contributed by atoms with Crippen LogP contribution >= 0.6 is 0 Å². The van der Waals surface area contributed by atoms with Crippen molar-refractivity contribution >= 4 is 29.0 Å². The van der Waals surface area contributed by atoms with E-state index in [2.05, 4.69) is 0 Å². The first-order valence-corrected chi connectivity index (χ1v) is 9.13. The second kappa shape index (κ2) is 7.68. The number of ketones is 1. The standard InChI is InChI=1S/C25H17FO3/c1-16(27)18-8-12-21(13-9-18)29-25(28)24-15-19(22-4-2-3-5-23(22)24)14-17-6-10-20(26)11-7-17/h2-15H,1H3/b19-14+. The Morgan fingerprint density at radius 2 is 1.52 bits per heavy atom. The van der Waals surface area contributed by atoms with Gasteiger partial charge in [-0.2, -0.15) is 0 Å². The SMILES string of the molecule is CC(=O)c1ccc(OC(=O)C2=C/C(=C\c3ccc(F)cc3)c3ccccc32)cc1. The van der Waals surface area contributed by atoms with Crippen LogP contribution in [0.5, 0.6) is 5.75 Å². The zero-order valence-corrected chi connectivity index (χ0v) is 15.7. The van der Waals surface area contributed by atoms with Gasteiger partial charge in [0.2, 0.25) is 0 Å². The number of esters is 1. The van der Waals surface area contributed by atoms with E-state index in [1.54, 1.807) is 42.5 Å². The molecule has 0 atom stereocenters. The van der Waals surface area contributed by atoms with Gasteiger partial charge in [0.15, 0.2) is 5.78 Å². The molecule has 4 heteroatoms. The van der Waals surface area contributed by atoms with Crippen molar-refractivity contribution in [2.24, 2.45) is 0 Å². The Bertz CT molecular complexity index is 1150. The number of ether oxygens (including phenoxy) is 1. The molecule has 0 radical (unpaired) electrons. The normalized spacial score (nSPS) is 13.7. The van der Waals surface area contributed by atoms with E-state index in [1.807, 2.05) is 30.3 Å². The first-order chi connectivity index (χ1) is 14.0. The smallest absolute Gasteiger partial charge is 0.344 e. The van der Waals surface area contributed by atoms with Gasteiger partial charge in [-0.1, -0.05) is 36.4 Å². The molecule has 3 aromatic rings. The molecule has 0 saturated heterocycles. The minimum absolute atomic E-state index is 0.0501. The average Bonchev–Trinajstić information content (AvgIpc) is 3.09. The van der Waals surface area contributed by atoms with Crippen LogP contribution in [-0.2, 0) is 4.79 Å². The summed E-state index contributed by atoms with van der Waals surface area (Å²) in [6.45, 7) is 1.48. The summed E-state index contributed by atoms with van der Waals surface area (Å²) in [6.07, 6.45) is 3.68. The predicted molar refractivity (Wildman–Crippen MR) is 111 cm³/mol. The fourth-order valence-corrected chi connectivity index (χ4v) is 3.23. The zero-order valence-electron chi connectivity index (χ0n) is 15.7. The number of fused-ring (bicyclic) bond motifs is 1. The third-order valence-corrected chi connectivity index (χ3v) is 4.71. The number of carbonyl (C=O) groups excluding carboxylic acids is 2. The summed E-state index contributed by atoms with van der Waals surface area (Å²) in [6, 6.07) is 20.2.